The van der Waals surface area contributed by atoms with E-state index < -0.39 is 53.3 Å². The Hall–Kier alpha value is -4.99. The lowest BCUT2D eigenvalue weighted by Crippen LogP contribution is -2.51. The number of hydrogen-bond donors (Lipinski definition) is 3. The zero-order valence-electron chi connectivity index (χ0n) is 23.8. The number of ether oxygens (including phenoxy) is 3. The van der Waals surface area contributed by atoms with E-state index in [0.717, 1.165) is 36.7 Å². The van der Waals surface area contributed by atoms with Crippen molar-refractivity contribution >= 4 is 17.3 Å². The van der Waals surface area contributed by atoms with Crippen molar-refractivity contribution in [1.82, 2.24) is 19.9 Å². The maximum atomic E-state index is 14.7. The van der Waals surface area contributed by atoms with Crippen LogP contribution in [0.15, 0.2) is 48.7 Å². The number of amides is 2. The number of carbonyl (C=O) groups is 2. The van der Waals surface area contributed by atoms with Crippen LogP contribution in [-0.2, 0) is 15.8 Å². The van der Waals surface area contributed by atoms with Crippen LogP contribution in [0.1, 0.15) is 53.0 Å². The van der Waals surface area contributed by atoms with E-state index in [-0.39, 0.29) is 40.5 Å². The van der Waals surface area contributed by atoms with E-state index in [1.807, 2.05) is 0 Å². The molecule has 2 aliphatic heterocycles. The number of halogens is 5. The third kappa shape index (κ3) is 4.74. The number of alkyl halides is 5. The lowest BCUT2D eigenvalue weighted by molar-refractivity contribution is -0.286. The van der Waals surface area contributed by atoms with Crippen LogP contribution in [0.4, 0.5) is 22.0 Å². The maximum absolute atomic E-state index is 14.7. The SMILES string of the molecule is C[C@]1(C(N)=O)COc2c1cc(C(O)(CNC(=O)c1ccn3nc(C4CC4)cc3c1)C(F)(F)F)nc2-c1ccc2c(c1)OC(F)(F)O2. The van der Waals surface area contributed by atoms with E-state index in [2.05, 4.69) is 24.9 Å². The van der Waals surface area contributed by atoms with Crippen LogP contribution in [-0.4, -0.2) is 57.1 Å². The monoisotopic (exact) mass is 645 g/mol. The summed E-state index contributed by atoms with van der Waals surface area (Å²) in [6, 6.07) is 8.83. The number of hydrogen-bond acceptors (Lipinski definition) is 8. The summed E-state index contributed by atoms with van der Waals surface area (Å²) in [5.41, 5.74) is 0.0780. The van der Waals surface area contributed by atoms with Gasteiger partial charge in [-0.1, -0.05) is 0 Å². The first kappa shape index (κ1) is 29.7. The average Bonchev–Trinajstić information content (AvgIpc) is 3.54. The van der Waals surface area contributed by atoms with Crippen LogP contribution in [0.25, 0.3) is 16.8 Å². The van der Waals surface area contributed by atoms with Gasteiger partial charge in [0.25, 0.3) is 5.91 Å². The molecule has 46 heavy (non-hydrogen) atoms. The molecule has 4 N–H and O–H groups in total. The van der Waals surface area contributed by atoms with Gasteiger partial charge in [0.2, 0.25) is 11.5 Å². The Balaban J connectivity index is 1.27. The normalized spacial score (nSPS) is 21.0. The standard InChI is InChI=1S/C30H24F5N5O6/c1-27(26(36)42)13-44-24-18(27)11-22(38-23(24)15-4-5-20-21(9-15)46-30(34,35)45-20)28(43,29(31,32)33)12-37-25(41)16-6-7-40-17(8-16)10-19(39-40)14-2-3-14/h4-11,14,43H,2-3,12-13H2,1H3,(H2,36,42)(H,37,41)/t27-,28?/m0/s1. The second-order valence-corrected chi connectivity index (χ2v) is 11.7. The molecule has 2 amide bonds. The first-order valence-electron chi connectivity index (χ1n) is 14.0. The summed E-state index contributed by atoms with van der Waals surface area (Å²) in [6.45, 7) is -0.413. The highest BCUT2D eigenvalue weighted by atomic mass is 19.4. The van der Waals surface area contributed by atoms with Crippen molar-refractivity contribution in [2.75, 3.05) is 13.2 Å². The minimum atomic E-state index is -5.41. The Morgan fingerprint density at radius 2 is 1.85 bits per heavy atom. The molecule has 3 aromatic heterocycles. The number of benzene rings is 1. The van der Waals surface area contributed by atoms with Crippen LogP contribution in [0.2, 0.25) is 0 Å². The molecular formula is C30H24F5N5O6. The highest BCUT2D eigenvalue weighted by molar-refractivity contribution is 5.95. The summed E-state index contributed by atoms with van der Waals surface area (Å²) in [5, 5.41) is 17.9. The number of rotatable bonds is 7. The fourth-order valence-corrected chi connectivity index (χ4v) is 5.47. The smallest absolute Gasteiger partial charge is 0.489 e. The highest BCUT2D eigenvalue weighted by Gasteiger charge is 2.58. The van der Waals surface area contributed by atoms with Gasteiger partial charge in [0.15, 0.2) is 11.5 Å². The first-order chi connectivity index (χ1) is 21.6. The zero-order valence-corrected chi connectivity index (χ0v) is 23.8. The maximum Gasteiger partial charge on any atom is 0.586 e. The van der Waals surface area contributed by atoms with E-state index in [1.54, 1.807) is 10.6 Å². The van der Waals surface area contributed by atoms with Gasteiger partial charge >= 0.3 is 12.5 Å². The van der Waals surface area contributed by atoms with Gasteiger partial charge < -0.3 is 30.4 Å². The fraction of sp³-hybridized carbons (Fsp3) is 0.333. The topological polar surface area (TPSA) is 150 Å². The van der Waals surface area contributed by atoms with Crippen LogP contribution in [0.3, 0.4) is 0 Å². The number of aromatic nitrogens is 3. The third-order valence-electron chi connectivity index (χ3n) is 8.43. The van der Waals surface area contributed by atoms with Crippen molar-refractivity contribution in [3.8, 4) is 28.5 Å². The molecule has 7 rings (SSSR count). The van der Waals surface area contributed by atoms with Gasteiger partial charge in [-0.25, -0.2) is 9.50 Å². The second-order valence-electron chi connectivity index (χ2n) is 11.7. The lowest BCUT2D eigenvalue weighted by atomic mass is 9.81. The van der Waals surface area contributed by atoms with Crippen molar-refractivity contribution in [2.24, 2.45) is 5.73 Å². The number of pyridine rings is 2. The van der Waals surface area contributed by atoms with Gasteiger partial charge in [0.05, 0.1) is 23.4 Å². The van der Waals surface area contributed by atoms with Crippen LogP contribution < -0.4 is 25.3 Å². The van der Waals surface area contributed by atoms with Crippen molar-refractivity contribution in [1.29, 1.82) is 0 Å². The molecule has 240 valence electrons. The number of nitrogens with two attached hydrogens (primary N) is 1. The minimum absolute atomic E-state index is 0.0220. The van der Waals surface area contributed by atoms with Crippen LogP contribution in [0, 0.1) is 0 Å². The number of primary amides is 1. The summed E-state index contributed by atoms with van der Waals surface area (Å²) in [5.74, 6) is -2.44. The quantitative estimate of drug-likeness (QED) is 0.256. The summed E-state index contributed by atoms with van der Waals surface area (Å²) >= 11 is 0. The van der Waals surface area contributed by atoms with Gasteiger partial charge in [-0.2, -0.15) is 18.3 Å². The fourth-order valence-electron chi connectivity index (χ4n) is 5.47. The predicted molar refractivity (Wildman–Crippen MR) is 147 cm³/mol. The van der Waals surface area contributed by atoms with Crippen molar-refractivity contribution in [3.05, 3.63) is 71.2 Å². The molecule has 0 bridgehead atoms. The Morgan fingerprint density at radius 1 is 1.11 bits per heavy atom. The summed E-state index contributed by atoms with van der Waals surface area (Å²) in [4.78, 5) is 29.6. The molecule has 16 heteroatoms. The highest BCUT2D eigenvalue weighted by Crippen LogP contribution is 2.50. The third-order valence-corrected chi connectivity index (χ3v) is 8.43. The van der Waals surface area contributed by atoms with Gasteiger partial charge in [-0.3, -0.25) is 9.59 Å². The molecule has 2 atom stereocenters. The molecule has 1 fully saturated rings. The van der Waals surface area contributed by atoms with Crippen molar-refractivity contribution in [2.45, 2.75) is 49.2 Å². The molecule has 11 nitrogen and oxygen atoms in total. The molecule has 4 aromatic rings. The molecule has 0 saturated heterocycles. The summed E-state index contributed by atoms with van der Waals surface area (Å²) in [7, 11) is 0. The Labute approximate surface area is 256 Å². The van der Waals surface area contributed by atoms with Crippen molar-refractivity contribution < 1.29 is 50.9 Å². The minimum Gasteiger partial charge on any atom is -0.489 e. The number of nitrogens with one attached hydrogen (secondary N) is 1. The second kappa shape index (κ2) is 9.75. The van der Waals surface area contributed by atoms with Gasteiger partial charge in [-0.05, 0) is 62.2 Å². The van der Waals surface area contributed by atoms with Crippen LogP contribution in [0.5, 0.6) is 17.2 Å². The zero-order chi connectivity index (χ0) is 32.8. The van der Waals surface area contributed by atoms with E-state index in [1.165, 1.54) is 31.3 Å². The summed E-state index contributed by atoms with van der Waals surface area (Å²) < 4.78 is 87.7. The molecular weight excluding hydrogens is 621 g/mol. The lowest BCUT2D eigenvalue weighted by Gasteiger charge is -2.31. The van der Waals surface area contributed by atoms with Gasteiger partial charge in [0.1, 0.15) is 23.5 Å². The van der Waals surface area contributed by atoms with E-state index >= 15 is 0 Å². The molecule has 0 spiro atoms. The molecule has 1 aromatic carbocycles. The van der Waals surface area contributed by atoms with Crippen molar-refractivity contribution in [3.63, 3.8) is 0 Å². The molecule has 0 radical (unpaired) electrons. The van der Waals surface area contributed by atoms with E-state index in [9.17, 15) is 36.6 Å². The first-order valence-corrected chi connectivity index (χ1v) is 14.0. The predicted octanol–water partition coefficient (Wildman–Crippen LogP) is 3.91. The van der Waals surface area contributed by atoms with Gasteiger partial charge in [-0.15, -0.1) is 8.78 Å². The molecule has 1 saturated carbocycles. The number of aliphatic hydroxyl groups is 1. The van der Waals surface area contributed by atoms with E-state index in [0.29, 0.717) is 11.4 Å². The van der Waals surface area contributed by atoms with Gasteiger partial charge in [0, 0.05) is 28.8 Å². The number of carbonyl (C=O) groups excluding carboxylic acids is 2. The molecule has 1 aliphatic carbocycles. The Bertz CT molecular complexity index is 1940. The van der Waals surface area contributed by atoms with Crippen LogP contribution >= 0.6 is 0 Å². The Morgan fingerprint density at radius 3 is 2.54 bits per heavy atom. The average molecular weight is 646 g/mol. The van der Waals surface area contributed by atoms with E-state index in [4.69, 9.17) is 10.5 Å². The largest absolute Gasteiger partial charge is 0.586 e. The molecule has 3 aliphatic rings. The summed E-state index contributed by atoms with van der Waals surface area (Å²) in [6.07, 6.45) is -5.88. The molecule has 1 unspecified atom stereocenters. The molecule has 5 heterocycles. The Kier molecular flexibility index (Phi) is 6.30. The number of fused-ring (bicyclic) bond motifs is 3. The number of nitrogens with zero attached hydrogens (tertiary/aromatic N) is 3.